The van der Waals surface area contributed by atoms with Crippen LogP contribution in [0.15, 0.2) is 15.8 Å². The predicted octanol–water partition coefficient (Wildman–Crippen LogP) is 1.72. The molecular weight excluding hydrogens is 400 g/mol. The number of hydrogen-bond donors (Lipinski definition) is 4. The van der Waals surface area contributed by atoms with Gasteiger partial charge in [0.2, 0.25) is 0 Å². The molecule has 1 aliphatic heterocycles. The highest BCUT2D eigenvalue weighted by Crippen LogP contribution is 2.41. The summed E-state index contributed by atoms with van der Waals surface area (Å²) in [5, 5.41) is 27.4. The minimum absolute atomic E-state index is 0.0572. The molecule has 3 heterocycles. The molecule has 0 bridgehead atoms. The molecule has 2 atom stereocenters. The van der Waals surface area contributed by atoms with E-state index < -0.39 is 6.29 Å². The average Bonchev–Trinajstić information content (AvgIpc) is 3.24. The van der Waals surface area contributed by atoms with Gasteiger partial charge in [-0.3, -0.25) is 0 Å². The lowest BCUT2D eigenvalue weighted by Crippen LogP contribution is -2.25. The van der Waals surface area contributed by atoms with Gasteiger partial charge < -0.3 is 21.4 Å². The lowest BCUT2D eigenvalue weighted by Gasteiger charge is -2.29. The Bertz CT molecular complexity index is 843. The number of fused-ring (bicyclic) bond motifs is 1. The van der Waals surface area contributed by atoms with Crippen molar-refractivity contribution in [3.8, 4) is 0 Å². The Balaban J connectivity index is 1.71. The van der Waals surface area contributed by atoms with E-state index in [1.54, 1.807) is 4.52 Å². The Morgan fingerprint density at radius 3 is 2.65 bits per heavy atom. The number of anilines is 1. The normalized spacial score (nSPS) is 28.8. The van der Waals surface area contributed by atoms with Crippen LogP contribution in [0.25, 0.3) is 5.65 Å². The van der Waals surface area contributed by atoms with Gasteiger partial charge in [0.15, 0.2) is 11.9 Å². The first-order valence-electron chi connectivity index (χ1n) is 8.94. The lowest BCUT2D eigenvalue weighted by atomic mass is 9.80. The van der Waals surface area contributed by atoms with Crippen LogP contribution in [0.3, 0.4) is 0 Å². The molecule has 0 radical (unpaired) electrons. The number of aliphatic hydroxyl groups excluding tert-OH is 1. The number of aromatic nitrogens is 3. The Morgan fingerprint density at radius 2 is 2.04 bits per heavy atom. The van der Waals surface area contributed by atoms with E-state index in [1.807, 2.05) is 12.4 Å². The maximum absolute atomic E-state index is 9.41. The van der Waals surface area contributed by atoms with Crippen LogP contribution < -0.4 is 11.2 Å². The van der Waals surface area contributed by atoms with E-state index in [4.69, 9.17) is 10.7 Å². The van der Waals surface area contributed by atoms with Crippen molar-refractivity contribution in [2.75, 3.05) is 5.73 Å². The molecule has 0 spiro atoms. The summed E-state index contributed by atoms with van der Waals surface area (Å²) in [6, 6.07) is 0.180. The molecule has 0 amide bonds. The molecule has 0 saturated heterocycles. The van der Waals surface area contributed by atoms with Gasteiger partial charge in [0, 0.05) is 29.5 Å². The standard InChI is InChI=1S/C17H23BrN6O2/c1-8-11(6-20-23-8)12-7-21-24-15(19)13(18)14(22-16(12)24)9-2-4-10(5-3-9)17(25)26/h6-11,17,23,25-26H,2-5,19H2,1H3. The predicted molar refractivity (Wildman–Crippen MR) is 102 cm³/mol. The van der Waals surface area contributed by atoms with E-state index in [2.05, 4.69) is 38.5 Å². The van der Waals surface area contributed by atoms with Gasteiger partial charge in [-0.1, -0.05) is 0 Å². The van der Waals surface area contributed by atoms with Crippen LogP contribution in [-0.4, -0.2) is 43.4 Å². The van der Waals surface area contributed by atoms with Crippen LogP contribution in [0, 0.1) is 5.92 Å². The average molecular weight is 423 g/mol. The molecule has 140 valence electrons. The third-order valence-corrected chi connectivity index (χ3v) is 6.48. The Kier molecular flexibility index (Phi) is 4.62. The summed E-state index contributed by atoms with van der Waals surface area (Å²) in [5.41, 5.74) is 12.1. The van der Waals surface area contributed by atoms with Gasteiger partial charge in [0.25, 0.3) is 0 Å². The van der Waals surface area contributed by atoms with E-state index in [0.29, 0.717) is 5.82 Å². The van der Waals surface area contributed by atoms with Crippen LogP contribution >= 0.6 is 15.9 Å². The molecule has 2 aromatic rings. The molecule has 1 fully saturated rings. The number of nitrogen functional groups attached to an aromatic ring is 1. The maximum Gasteiger partial charge on any atom is 0.161 e. The summed E-state index contributed by atoms with van der Waals surface area (Å²) in [6.45, 7) is 2.08. The third kappa shape index (κ3) is 2.87. The first kappa shape index (κ1) is 17.7. The highest BCUT2D eigenvalue weighted by molar-refractivity contribution is 9.10. The first-order chi connectivity index (χ1) is 12.5. The minimum atomic E-state index is -1.24. The highest BCUT2D eigenvalue weighted by Gasteiger charge is 2.31. The smallest absolute Gasteiger partial charge is 0.161 e. The number of nitrogens with one attached hydrogen (secondary N) is 1. The van der Waals surface area contributed by atoms with Crippen molar-refractivity contribution in [2.24, 2.45) is 11.0 Å². The van der Waals surface area contributed by atoms with Gasteiger partial charge in [0.1, 0.15) is 5.82 Å². The number of nitrogens with zero attached hydrogens (tertiary/aromatic N) is 4. The molecule has 2 unspecified atom stereocenters. The first-order valence-corrected chi connectivity index (χ1v) is 9.74. The van der Waals surface area contributed by atoms with Crippen molar-refractivity contribution >= 4 is 33.6 Å². The van der Waals surface area contributed by atoms with Gasteiger partial charge in [-0.15, -0.1) is 0 Å². The van der Waals surface area contributed by atoms with E-state index >= 15 is 0 Å². The molecule has 1 aliphatic carbocycles. The van der Waals surface area contributed by atoms with Crippen molar-refractivity contribution in [1.82, 2.24) is 20.0 Å². The van der Waals surface area contributed by atoms with Crippen LogP contribution in [0.4, 0.5) is 5.82 Å². The zero-order valence-electron chi connectivity index (χ0n) is 14.5. The molecule has 26 heavy (non-hydrogen) atoms. The van der Waals surface area contributed by atoms with Crippen molar-refractivity contribution < 1.29 is 10.2 Å². The zero-order valence-corrected chi connectivity index (χ0v) is 16.1. The van der Waals surface area contributed by atoms with Crippen molar-refractivity contribution in [3.63, 3.8) is 0 Å². The summed E-state index contributed by atoms with van der Waals surface area (Å²) in [4.78, 5) is 4.93. The molecule has 4 rings (SSSR count). The maximum atomic E-state index is 9.41. The minimum Gasteiger partial charge on any atom is -0.383 e. The van der Waals surface area contributed by atoms with Crippen LogP contribution in [0.2, 0.25) is 0 Å². The molecule has 0 aromatic carbocycles. The number of rotatable bonds is 3. The van der Waals surface area contributed by atoms with Crippen molar-refractivity contribution in [2.45, 2.75) is 56.8 Å². The summed E-state index contributed by atoms with van der Waals surface area (Å²) in [7, 11) is 0. The molecule has 1 saturated carbocycles. The topological polar surface area (TPSA) is 121 Å². The number of hydrogen-bond acceptors (Lipinski definition) is 7. The second kappa shape index (κ2) is 6.79. The second-order valence-corrected chi connectivity index (χ2v) is 8.07. The quantitative estimate of drug-likeness (QED) is 0.558. The van der Waals surface area contributed by atoms with E-state index in [1.165, 1.54) is 0 Å². The van der Waals surface area contributed by atoms with Gasteiger partial charge >= 0.3 is 0 Å². The summed E-state index contributed by atoms with van der Waals surface area (Å²) < 4.78 is 2.45. The third-order valence-electron chi connectivity index (χ3n) is 5.67. The Hall–Kier alpha value is -1.71. The number of halogens is 1. The molecule has 8 nitrogen and oxygen atoms in total. The van der Waals surface area contributed by atoms with Crippen molar-refractivity contribution in [3.05, 3.63) is 21.9 Å². The molecule has 2 aliphatic rings. The van der Waals surface area contributed by atoms with Crippen LogP contribution in [0.1, 0.15) is 55.7 Å². The molecular formula is C17H23BrN6O2. The summed E-state index contributed by atoms with van der Waals surface area (Å²) in [5.74, 6) is 0.824. The lowest BCUT2D eigenvalue weighted by molar-refractivity contribution is -0.0938. The van der Waals surface area contributed by atoms with Gasteiger partial charge in [-0.2, -0.15) is 14.7 Å². The van der Waals surface area contributed by atoms with Gasteiger partial charge in [-0.05, 0) is 48.5 Å². The highest BCUT2D eigenvalue weighted by atomic mass is 79.9. The Labute approximate surface area is 159 Å². The summed E-state index contributed by atoms with van der Waals surface area (Å²) >= 11 is 3.60. The second-order valence-electron chi connectivity index (χ2n) is 7.28. The number of nitrogens with two attached hydrogens (primary N) is 1. The SMILES string of the molecule is CC1NN=CC1c1cnn2c(N)c(Br)c(C3CCC(C(O)O)CC3)nc12. The van der Waals surface area contributed by atoms with E-state index in [0.717, 1.165) is 47.1 Å². The van der Waals surface area contributed by atoms with Gasteiger partial charge in [-0.25, -0.2) is 4.98 Å². The largest absolute Gasteiger partial charge is 0.383 e. The van der Waals surface area contributed by atoms with Crippen molar-refractivity contribution in [1.29, 1.82) is 0 Å². The fourth-order valence-corrected chi connectivity index (χ4v) is 4.61. The van der Waals surface area contributed by atoms with E-state index in [9.17, 15) is 10.2 Å². The number of aliphatic hydroxyl groups is 2. The Morgan fingerprint density at radius 1 is 1.31 bits per heavy atom. The fourth-order valence-electron chi connectivity index (χ4n) is 4.03. The zero-order chi connectivity index (χ0) is 18.4. The molecule has 9 heteroatoms. The van der Waals surface area contributed by atoms with Gasteiger partial charge in [0.05, 0.1) is 22.4 Å². The summed E-state index contributed by atoms with van der Waals surface area (Å²) in [6.07, 6.45) is 5.71. The number of hydrazone groups is 1. The van der Waals surface area contributed by atoms with E-state index in [-0.39, 0.29) is 23.8 Å². The van der Waals surface area contributed by atoms with Crippen LogP contribution in [-0.2, 0) is 0 Å². The fraction of sp³-hybridized carbons (Fsp3) is 0.588. The molecule has 2 aromatic heterocycles. The monoisotopic (exact) mass is 422 g/mol. The molecule has 5 N–H and O–H groups in total. The van der Waals surface area contributed by atoms with Crippen LogP contribution in [0.5, 0.6) is 0 Å².